The zero-order valence-corrected chi connectivity index (χ0v) is 23.9. The van der Waals surface area contributed by atoms with E-state index < -0.39 is 11.4 Å². The minimum atomic E-state index is -0.810. The maximum absolute atomic E-state index is 13.7. The van der Waals surface area contributed by atoms with Crippen molar-refractivity contribution in [2.75, 3.05) is 13.7 Å². The predicted molar refractivity (Wildman–Crippen MR) is 147 cm³/mol. The molecule has 4 fully saturated rings. The number of carboxylic acid groups (broad SMARTS) is 1. The number of carbonyl (C=O) groups excluding carboxylic acids is 2. The van der Waals surface area contributed by atoms with Crippen LogP contribution in [0, 0.1) is 45.8 Å². The maximum atomic E-state index is 13.7. The molecular formula is C31H41N3O6. The molecule has 9 nitrogen and oxygen atoms in total. The molecular weight excluding hydrogens is 510 g/mol. The second kappa shape index (κ2) is 10.6. The van der Waals surface area contributed by atoms with Gasteiger partial charge in [-0.3, -0.25) is 14.4 Å². The third-order valence-electron chi connectivity index (χ3n) is 10.3. The van der Waals surface area contributed by atoms with E-state index in [1.807, 2.05) is 0 Å². The van der Waals surface area contributed by atoms with Crippen molar-refractivity contribution in [3.63, 3.8) is 0 Å². The largest absolute Gasteiger partial charge is 0.496 e. The second-order valence-electron chi connectivity index (χ2n) is 13.2. The topological polar surface area (TPSA) is 138 Å². The van der Waals surface area contributed by atoms with Crippen LogP contribution in [0.25, 0.3) is 0 Å². The molecule has 1 aromatic carbocycles. The van der Waals surface area contributed by atoms with Crippen LogP contribution < -0.4 is 20.1 Å². The number of nitriles is 1. The smallest absolute Gasteiger partial charge is 0.309 e. The molecule has 4 saturated carbocycles. The molecule has 5 rings (SSSR count). The number of benzene rings is 1. The number of aliphatic carboxylic acids is 1. The second-order valence-corrected chi connectivity index (χ2v) is 13.2. The molecule has 216 valence electrons. The van der Waals surface area contributed by atoms with Crippen molar-refractivity contribution >= 4 is 17.8 Å². The molecule has 5 atom stereocenters. The molecule has 0 bridgehead atoms. The van der Waals surface area contributed by atoms with Gasteiger partial charge in [-0.15, -0.1) is 0 Å². The molecule has 9 heteroatoms. The number of nitrogens with one attached hydrogen (secondary N) is 2. The van der Waals surface area contributed by atoms with Gasteiger partial charge in [0.25, 0.3) is 5.91 Å². The Morgan fingerprint density at radius 1 is 1.10 bits per heavy atom. The van der Waals surface area contributed by atoms with Crippen molar-refractivity contribution in [1.29, 1.82) is 5.26 Å². The summed E-state index contributed by atoms with van der Waals surface area (Å²) >= 11 is 0. The van der Waals surface area contributed by atoms with Gasteiger partial charge in [0.05, 0.1) is 35.7 Å². The minimum absolute atomic E-state index is 0.0248. The van der Waals surface area contributed by atoms with Crippen LogP contribution in [0.1, 0.15) is 88.1 Å². The molecule has 1 unspecified atom stereocenters. The van der Waals surface area contributed by atoms with Crippen molar-refractivity contribution in [3.05, 3.63) is 23.3 Å². The number of nitrogens with zero attached hydrogens (tertiary/aromatic N) is 1. The molecule has 0 heterocycles. The summed E-state index contributed by atoms with van der Waals surface area (Å²) in [6.07, 6.45) is 6.26. The summed E-state index contributed by atoms with van der Waals surface area (Å²) in [7, 11) is 1.45. The SMILES string of the molecule is COc1cc(C#N)c(O[C@H]2CC[C@@](C)(C(=O)O)CC2)cc1C(=O)N[C@H]1[C@@H](C(=O)NCC2(C)CCC2)[C@H]2CC2[C@@H]1C. The predicted octanol–water partition coefficient (Wildman–Crippen LogP) is 4.29. The van der Waals surface area contributed by atoms with E-state index in [0.717, 1.165) is 19.3 Å². The Hall–Kier alpha value is -3.28. The Labute approximate surface area is 236 Å². The van der Waals surface area contributed by atoms with Gasteiger partial charge in [-0.2, -0.15) is 5.26 Å². The Balaban J connectivity index is 1.31. The highest BCUT2D eigenvalue weighted by molar-refractivity contribution is 5.98. The van der Waals surface area contributed by atoms with Crippen LogP contribution in [0.2, 0.25) is 0 Å². The Kier molecular flexibility index (Phi) is 7.49. The summed E-state index contributed by atoms with van der Waals surface area (Å²) < 4.78 is 11.7. The fraction of sp³-hybridized carbons (Fsp3) is 0.677. The number of ether oxygens (including phenoxy) is 2. The van der Waals surface area contributed by atoms with Gasteiger partial charge < -0.3 is 25.2 Å². The molecule has 0 radical (unpaired) electrons. The van der Waals surface area contributed by atoms with Gasteiger partial charge in [0.2, 0.25) is 5.91 Å². The van der Waals surface area contributed by atoms with E-state index in [-0.39, 0.29) is 63.8 Å². The van der Waals surface area contributed by atoms with Gasteiger partial charge in [0, 0.05) is 18.7 Å². The first kappa shape index (κ1) is 28.3. The lowest BCUT2D eigenvalue weighted by atomic mass is 9.70. The Bertz CT molecular complexity index is 1230. The number of carboxylic acids is 1. The van der Waals surface area contributed by atoms with Crippen LogP contribution in [-0.2, 0) is 9.59 Å². The summed E-state index contributed by atoms with van der Waals surface area (Å²) in [6.45, 7) is 6.74. The van der Waals surface area contributed by atoms with Crippen molar-refractivity contribution in [1.82, 2.24) is 10.6 Å². The fourth-order valence-electron chi connectivity index (χ4n) is 7.13. The van der Waals surface area contributed by atoms with Crippen LogP contribution in [0.3, 0.4) is 0 Å². The van der Waals surface area contributed by atoms with Crippen molar-refractivity contribution in [2.24, 2.45) is 34.5 Å². The van der Waals surface area contributed by atoms with Crippen LogP contribution in [-0.4, -0.2) is 48.7 Å². The van der Waals surface area contributed by atoms with Crippen LogP contribution >= 0.6 is 0 Å². The van der Waals surface area contributed by atoms with Crippen molar-refractivity contribution in [3.8, 4) is 17.6 Å². The van der Waals surface area contributed by atoms with Gasteiger partial charge >= 0.3 is 5.97 Å². The van der Waals surface area contributed by atoms with Gasteiger partial charge in [0.1, 0.15) is 17.6 Å². The molecule has 40 heavy (non-hydrogen) atoms. The van der Waals surface area contributed by atoms with E-state index >= 15 is 0 Å². The lowest BCUT2D eigenvalue weighted by molar-refractivity contribution is -0.150. The van der Waals surface area contributed by atoms with Gasteiger partial charge in [-0.25, -0.2) is 0 Å². The minimum Gasteiger partial charge on any atom is -0.496 e. The normalized spacial score (nSPS) is 33.5. The lowest BCUT2D eigenvalue weighted by Gasteiger charge is -2.39. The molecule has 4 aliphatic carbocycles. The standard InChI is InChI=1S/C31H41N3O6/c1-17-20-13-21(20)25(28(36)33-16-30(2)8-5-9-30)26(17)34-27(35)22-14-23(18(15-32)12-24(22)39-4)40-19-6-10-31(3,11-7-19)29(37)38/h12,14,17,19-21,25-26H,5-11,13,16H2,1-4H3,(H,33,36)(H,34,35)(H,37,38)/t17-,19-,20?,21-,25-,26+,31+/m0/s1. The number of rotatable bonds is 9. The van der Waals surface area contributed by atoms with Crippen LogP contribution in [0.15, 0.2) is 12.1 Å². The Morgan fingerprint density at radius 3 is 2.38 bits per heavy atom. The van der Waals surface area contributed by atoms with E-state index in [2.05, 4.69) is 30.6 Å². The summed E-state index contributed by atoms with van der Waals surface area (Å²) in [5.74, 6) is 0.0280. The van der Waals surface area contributed by atoms with Gasteiger partial charge in [-0.1, -0.05) is 20.3 Å². The first-order valence-corrected chi connectivity index (χ1v) is 14.6. The summed E-state index contributed by atoms with van der Waals surface area (Å²) in [4.78, 5) is 38.6. The first-order valence-electron chi connectivity index (χ1n) is 14.6. The number of carbonyl (C=O) groups is 3. The number of hydrogen-bond acceptors (Lipinski definition) is 6. The molecule has 0 spiro atoms. The fourth-order valence-corrected chi connectivity index (χ4v) is 7.13. The van der Waals surface area contributed by atoms with E-state index in [1.165, 1.54) is 19.6 Å². The van der Waals surface area contributed by atoms with Crippen LogP contribution in [0.4, 0.5) is 0 Å². The van der Waals surface area contributed by atoms with E-state index in [4.69, 9.17) is 9.47 Å². The highest BCUT2D eigenvalue weighted by Crippen LogP contribution is 2.58. The van der Waals surface area contributed by atoms with Crippen molar-refractivity contribution in [2.45, 2.75) is 84.3 Å². The number of fused-ring (bicyclic) bond motifs is 1. The molecule has 0 saturated heterocycles. The summed E-state index contributed by atoms with van der Waals surface area (Å²) in [5.41, 5.74) is -0.105. The van der Waals surface area contributed by atoms with Gasteiger partial charge in [0.15, 0.2) is 0 Å². The molecule has 2 amide bonds. The third kappa shape index (κ3) is 5.25. The number of hydrogen-bond donors (Lipinski definition) is 3. The summed E-state index contributed by atoms with van der Waals surface area (Å²) in [5, 5.41) is 25.6. The highest BCUT2D eigenvalue weighted by Gasteiger charge is 2.60. The zero-order valence-electron chi connectivity index (χ0n) is 23.9. The van der Waals surface area contributed by atoms with E-state index in [9.17, 15) is 24.8 Å². The average Bonchev–Trinajstić information content (AvgIpc) is 3.66. The zero-order chi connectivity index (χ0) is 28.8. The highest BCUT2D eigenvalue weighted by atomic mass is 16.5. The number of amides is 2. The van der Waals surface area contributed by atoms with E-state index in [1.54, 1.807) is 13.0 Å². The molecule has 3 N–H and O–H groups in total. The lowest BCUT2D eigenvalue weighted by Crippen LogP contribution is -2.50. The molecule has 0 aromatic heterocycles. The number of methoxy groups -OCH3 is 1. The quantitative estimate of drug-likeness (QED) is 0.416. The van der Waals surface area contributed by atoms with Crippen LogP contribution in [0.5, 0.6) is 11.5 Å². The van der Waals surface area contributed by atoms with Gasteiger partial charge in [-0.05, 0) is 81.1 Å². The van der Waals surface area contributed by atoms with Crippen molar-refractivity contribution < 1.29 is 29.0 Å². The maximum Gasteiger partial charge on any atom is 0.309 e. The first-order chi connectivity index (χ1) is 19.0. The summed E-state index contributed by atoms with van der Waals surface area (Å²) in [6, 6.07) is 4.89. The van der Waals surface area contributed by atoms with E-state index in [0.29, 0.717) is 44.1 Å². The molecule has 4 aliphatic rings. The molecule has 1 aromatic rings. The average molecular weight is 552 g/mol. The monoisotopic (exact) mass is 551 g/mol. The molecule has 0 aliphatic heterocycles. The Morgan fingerprint density at radius 2 is 1.80 bits per heavy atom. The third-order valence-corrected chi connectivity index (χ3v) is 10.3.